The van der Waals surface area contributed by atoms with Gasteiger partial charge in [0.25, 0.3) is 0 Å². The van der Waals surface area contributed by atoms with Gasteiger partial charge in [-0.05, 0) is 48.8 Å². The first-order valence-corrected chi connectivity index (χ1v) is 16.7. The number of aliphatic hydroxyl groups is 1. The molecule has 3 heterocycles. The number of aromatic nitrogens is 2. The quantitative estimate of drug-likeness (QED) is 0.210. The SMILES string of the molecule is CC(C)(C)C[Si](C)(C)Oc1cc(F)c(-c2nc3cccc(OCCO)n3c2Nc2ccc3c(c2)OCCO3)c(F)c1. The zero-order valence-corrected chi connectivity index (χ0v) is 24.9. The van der Waals surface area contributed by atoms with Crippen molar-refractivity contribution in [2.75, 3.05) is 31.7 Å². The van der Waals surface area contributed by atoms with Crippen LogP contribution in [0, 0.1) is 17.0 Å². The van der Waals surface area contributed by atoms with Crippen molar-refractivity contribution in [1.82, 2.24) is 9.38 Å². The summed E-state index contributed by atoms with van der Waals surface area (Å²) in [6.45, 7) is 11.1. The van der Waals surface area contributed by atoms with Gasteiger partial charge in [-0.25, -0.2) is 18.2 Å². The van der Waals surface area contributed by atoms with Gasteiger partial charge in [-0.15, -0.1) is 0 Å². The molecule has 2 aromatic carbocycles. The summed E-state index contributed by atoms with van der Waals surface area (Å²) in [5.41, 5.74) is 0.753. The van der Waals surface area contributed by atoms with Crippen molar-refractivity contribution in [3.63, 3.8) is 0 Å². The van der Waals surface area contributed by atoms with Crippen LogP contribution in [0.5, 0.6) is 23.1 Å². The van der Waals surface area contributed by atoms with E-state index in [9.17, 15) is 5.11 Å². The molecule has 0 unspecified atom stereocenters. The first-order chi connectivity index (χ1) is 19.4. The third kappa shape index (κ3) is 6.41. The number of hydrogen-bond donors (Lipinski definition) is 2. The topological polar surface area (TPSA) is 86.5 Å². The molecular weight excluding hydrogens is 548 g/mol. The molecule has 8 nitrogen and oxygen atoms in total. The van der Waals surface area contributed by atoms with Gasteiger partial charge in [-0.1, -0.05) is 26.8 Å². The number of aliphatic hydroxyl groups excluding tert-OH is 1. The van der Waals surface area contributed by atoms with E-state index >= 15 is 8.78 Å². The second-order valence-corrected chi connectivity index (χ2v) is 15.9. The molecule has 4 aromatic rings. The molecule has 41 heavy (non-hydrogen) atoms. The van der Waals surface area contributed by atoms with Gasteiger partial charge in [0.15, 0.2) is 11.5 Å². The number of rotatable bonds is 9. The lowest BCUT2D eigenvalue weighted by Crippen LogP contribution is -2.38. The molecule has 0 radical (unpaired) electrons. The summed E-state index contributed by atoms with van der Waals surface area (Å²) in [6, 6.07) is 13.7. The molecule has 1 aliphatic heterocycles. The Hall–Kier alpha value is -3.83. The second kappa shape index (κ2) is 11.2. The summed E-state index contributed by atoms with van der Waals surface area (Å²) in [4.78, 5) is 4.60. The minimum absolute atomic E-state index is 0.0213. The van der Waals surface area contributed by atoms with Crippen LogP contribution < -0.4 is 24.0 Å². The largest absolute Gasteiger partial charge is 0.544 e. The second-order valence-electron chi connectivity index (χ2n) is 11.8. The van der Waals surface area contributed by atoms with Crippen molar-refractivity contribution in [2.45, 2.75) is 39.9 Å². The maximum absolute atomic E-state index is 15.8. The van der Waals surface area contributed by atoms with E-state index in [-0.39, 0.29) is 41.5 Å². The molecule has 0 amide bonds. The normalized spacial score (nSPS) is 13.4. The lowest BCUT2D eigenvalue weighted by molar-refractivity contribution is 0.171. The van der Waals surface area contributed by atoms with Crippen LogP contribution in [0.15, 0.2) is 48.5 Å². The van der Waals surface area contributed by atoms with Gasteiger partial charge in [-0.2, -0.15) is 0 Å². The Kier molecular flexibility index (Phi) is 7.84. The molecule has 2 aromatic heterocycles. The van der Waals surface area contributed by atoms with Crippen molar-refractivity contribution in [2.24, 2.45) is 5.41 Å². The molecule has 0 saturated heterocycles. The first-order valence-electron chi connectivity index (χ1n) is 13.5. The van der Waals surface area contributed by atoms with Crippen molar-refractivity contribution in [1.29, 1.82) is 0 Å². The molecule has 0 fully saturated rings. The van der Waals surface area contributed by atoms with Gasteiger partial charge >= 0.3 is 0 Å². The van der Waals surface area contributed by atoms with Crippen molar-refractivity contribution >= 4 is 25.5 Å². The number of pyridine rings is 1. The van der Waals surface area contributed by atoms with Gasteiger partial charge < -0.3 is 29.1 Å². The van der Waals surface area contributed by atoms with Crippen LogP contribution in [0.2, 0.25) is 19.1 Å². The first kappa shape index (κ1) is 28.7. The Balaban J connectivity index is 1.60. The Morgan fingerprint density at radius 3 is 2.41 bits per heavy atom. The standard InChI is InChI=1S/C30H35F2N3O5Si/c1-30(2,3)18-41(4,5)40-20-16-21(31)27(22(32)17-20)28-29(33-19-9-10-23-24(15-19)38-14-13-37-23)35-25(34-28)7-6-8-26(35)39-12-11-36/h6-10,15-17,33,36H,11-14,18H2,1-5H3. The minimum atomic E-state index is -2.27. The fourth-order valence-electron chi connectivity index (χ4n) is 5.34. The van der Waals surface area contributed by atoms with Crippen LogP contribution in [-0.4, -0.2) is 49.2 Å². The van der Waals surface area contributed by atoms with E-state index in [0.717, 1.165) is 6.04 Å². The zero-order chi connectivity index (χ0) is 29.4. The highest BCUT2D eigenvalue weighted by Crippen LogP contribution is 2.40. The molecule has 0 saturated carbocycles. The van der Waals surface area contributed by atoms with Crippen LogP contribution in [0.25, 0.3) is 16.9 Å². The third-order valence-corrected chi connectivity index (χ3v) is 9.06. The number of anilines is 2. The van der Waals surface area contributed by atoms with E-state index in [2.05, 4.69) is 31.1 Å². The molecule has 0 atom stereocenters. The lowest BCUT2D eigenvalue weighted by atomic mass is 10.0. The number of fused-ring (bicyclic) bond motifs is 2. The molecule has 5 rings (SSSR count). The molecular formula is C30H35F2N3O5Si. The summed E-state index contributed by atoms with van der Waals surface area (Å²) < 4.78 is 56.5. The number of imidazole rings is 1. The number of nitrogens with zero attached hydrogens (tertiary/aromatic N) is 2. The zero-order valence-electron chi connectivity index (χ0n) is 23.9. The summed E-state index contributed by atoms with van der Waals surface area (Å²) in [6.07, 6.45) is 0. The van der Waals surface area contributed by atoms with Crippen LogP contribution in [0.3, 0.4) is 0 Å². The predicted molar refractivity (Wildman–Crippen MR) is 156 cm³/mol. The number of ether oxygens (including phenoxy) is 3. The molecule has 2 N–H and O–H groups in total. The number of hydrogen-bond acceptors (Lipinski definition) is 7. The van der Waals surface area contributed by atoms with Crippen molar-refractivity contribution in [3.8, 4) is 34.4 Å². The molecule has 1 aliphatic rings. The van der Waals surface area contributed by atoms with E-state index in [1.54, 1.807) is 40.8 Å². The molecule has 218 valence electrons. The highest BCUT2D eigenvalue weighted by Gasteiger charge is 2.32. The van der Waals surface area contributed by atoms with Crippen molar-refractivity contribution in [3.05, 3.63) is 60.2 Å². The Labute approximate surface area is 239 Å². The smallest absolute Gasteiger partial charge is 0.245 e. The Morgan fingerprint density at radius 1 is 1.02 bits per heavy atom. The van der Waals surface area contributed by atoms with Gasteiger partial charge in [0.2, 0.25) is 14.2 Å². The summed E-state index contributed by atoms with van der Waals surface area (Å²) in [7, 11) is -2.27. The maximum atomic E-state index is 15.8. The predicted octanol–water partition coefficient (Wildman–Crippen LogP) is 6.80. The number of nitrogens with one attached hydrogen (secondary N) is 1. The molecule has 0 spiro atoms. The van der Waals surface area contributed by atoms with Gasteiger partial charge in [0, 0.05) is 23.9 Å². The highest BCUT2D eigenvalue weighted by molar-refractivity contribution is 6.72. The van der Waals surface area contributed by atoms with E-state index in [0.29, 0.717) is 41.9 Å². The number of benzene rings is 2. The fourth-order valence-corrected chi connectivity index (χ4v) is 8.72. The van der Waals surface area contributed by atoms with Crippen LogP contribution in [0.1, 0.15) is 20.8 Å². The molecule has 0 bridgehead atoms. The average molecular weight is 584 g/mol. The Bertz CT molecular complexity index is 1550. The highest BCUT2D eigenvalue weighted by atomic mass is 28.4. The maximum Gasteiger partial charge on any atom is 0.245 e. The Morgan fingerprint density at radius 2 is 1.73 bits per heavy atom. The summed E-state index contributed by atoms with van der Waals surface area (Å²) >= 11 is 0. The summed E-state index contributed by atoms with van der Waals surface area (Å²) in [5.74, 6) is 0.331. The monoisotopic (exact) mass is 583 g/mol. The number of halogens is 2. The van der Waals surface area contributed by atoms with E-state index in [1.807, 2.05) is 13.1 Å². The van der Waals surface area contributed by atoms with Gasteiger partial charge in [0.1, 0.15) is 54.4 Å². The van der Waals surface area contributed by atoms with Gasteiger partial charge in [-0.3, -0.25) is 0 Å². The average Bonchev–Trinajstić information content (AvgIpc) is 3.23. The van der Waals surface area contributed by atoms with Crippen LogP contribution in [0.4, 0.5) is 20.3 Å². The van der Waals surface area contributed by atoms with E-state index < -0.39 is 20.0 Å². The minimum Gasteiger partial charge on any atom is -0.544 e. The molecule has 0 aliphatic carbocycles. The van der Waals surface area contributed by atoms with E-state index in [1.165, 1.54) is 12.1 Å². The van der Waals surface area contributed by atoms with E-state index in [4.69, 9.17) is 18.6 Å². The molecule has 11 heteroatoms. The van der Waals surface area contributed by atoms with Crippen LogP contribution >= 0.6 is 0 Å². The summed E-state index contributed by atoms with van der Waals surface area (Å²) in [5, 5.41) is 12.6. The fraction of sp³-hybridized carbons (Fsp3) is 0.367. The van der Waals surface area contributed by atoms with Crippen molar-refractivity contribution < 1.29 is 32.5 Å². The van der Waals surface area contributed by atoms with Crippen LogP contribution in [-0.2, 0) is 0 Å². The lowest BCUT2D eigenvalue weighted by Gasteiger charge is -2.31. The van der Waals surface area contributed by atoms with Gasteiger partial charge in [0.05, 0.1) is 12.2 Å². The third-order valence-electron chi connectivity index (χ3n) is 6.36.